The molecule has 0 saturated heterocycles. The molecule has 0 aliphatic carbocycles. The van der Waals surface area contributed by atoms with Gasteiger partial charge in [-0.3, -0.25) is 0 Å². The van der Waals surface area contributed by atoms with Crippen LogP contribution in [0.2, 0.25) is 0 Å². The smallest absolute Gasteiger partial charge is 0.0727 e. The van der Waals surface area contributed by atoms with E-state index in [4.69, 9.17) is 0 Å². The summed E-state index contributed by atoms with van der Waals surface area (Å²) in [6.45, 7) is 0. The first kappa shape index (κ1) is 5.03. The largest absolute Gasteiger partial charge is 0.387 e. The quantitative estimate of drug-likeness (QED) is 0.571. The fourth-order valence-corrected chi connectivity index (χ4v) is 0.439. The first-order valence-corrected chi connectivity index (χ1v) is 2.38. The van der Waals surface area contributed by atoms with Gasteiger partial charge >= 0.3 is 0 Å². The molecule has 1 N–H and O–H groups in total. The van der Waals surface area contributed by atoms with E-state index in [2.05, 4.69) is 15.5 Å². The third-order valence-electron chi connectivity index (χ3n) is 0.873. The molecule has 1 rings (SSSR count). The van der Waals surface area contributed by atoms with E-state index >= 15 is 0 Å². The number of rotatable bonds is 1. The standard InChI is InChI=1S/C5H7N3/c1-6-5-2-3-7-8-4-5/h2-4H,1H3,(H,6,7). The summed E-state index contributed by atoms with van der Waals surface area (Å²) in [6, 6.07) is 1.85. The minimum atomic E-state index is 0.986. The molecule has 1 aromatic heterocycles. The summed E-state index contributed by atoms with van der Waals surface area (Å²) < 4.78 is 0. The first-order valence-electron chi connectivity index (χ1n) is 2.38. The van der Waals surface area contributed by atoms with E-state index in [0.717, 1.165) is 5.69 Å². The van der Waals surface area contributed by atoms with Gasteiger partial charge in [0.25, 0.3) is 0 Å². The lowest BCUT2D eigenvalue weighted by Crippen LogP contribution is -1.88. The topological polar surface area (TPSA) is 37.8 Å². The Kier molecular flexibility index (Phi) is 1.42. The fourth-order valence-electron chi connectivity index (χ4n) is 0.439. The van der Waals surface area contributed by atoms with E-state index in [9.17, 15) is 0 Å². The van der Waals surface area contributed by atoms with Gasteiger partial charge in [0, 0.05) is 7.05 Å². The molecule has 0 atom stereocenters. The molecule has 8 heavy (non-hydrogen) atoms. The van der Waals surface area contributed by atoms with Crippen molar-refractivity contribution in [1.82, 2.24) is 10.2 Å². The van der Waals surface area contributed by atoms with E-state index < -0.39 is 0 Å². The minimum absolute atomic E-state index is 0.986. The molecule has 0 aliphatic rings. The molecule has 0 aromatic carbocycles. The molecule has 0 aliphatic heterocycles. The molecule has 3 nitrogen and oxygen atoms in total. The lowest BCUT2D eigenvalue weighted by atomic mass is 10.5. The highest BCUT2D eigenvalue weighted by molar-refractivity contribution is 5.37. The van der Waals surface area contributed by atoms with E-state index in [0.29, 0.717) is 0 Å². The molecule has 0 spiro atoms. The number of aromatic nitrogens is 2. The molecule has 0 radical (unpaired) electrons. The lowest BCUT2D eigenvalue weighted by molar-refractivity contribution is 1.03. The number of nitrogens with zero attached hydrogens (tertiary/aromatic N) is 2. The maximum absolute atomic E-state index is 3.64. The molecule has 1 aromatic rings. The van der Waals surface area contributed by atoms with Gasteiger partial charge in [0.1, 0.15) is 0 Å². The highest BCUT2D eigenvalue weighted by Gasteiger charge is 1.80. The zero-order chi connectivity index (χ0) is 5.82. The van der Waals surface area contributed by atoms with Gasteiger partial charge in [-0.25, -0.2) is 0 Å². The molecule has 1 heterocycles. The third-order valence-corrected chi connectivity index (χ3v) is 0.873. The van der Waals surface area contributed by atoms with Gasteiger partial charge in [-0.05, 0) is 6.07 Å². The number of hydrogen-bond acceptors (Lipinski definition) is 3. The summed E-state index contributed by atoms with van der Waals surface area (Å²) in [6.07, 6.45) is 3.31. The van der Waals surface area contributed by atoms with Crippen molar-refractivity contribution in [3.8, 4) is 0 Å². The van der Waals surface area contributed by atoms with Crippen LogP contribution < -0.4 is 5.32 Å². The molecule has 0 fully saturated rings. The Morgan fingerprint density at radius 3 is 2.75 bits per heavy atom. The van der Waals surface area contributed by atoms with E-state index in [1.165, 1.54) is 0 Å². The molecule has 0 unspecified atom stereocenters. The third kappa shape index (κ3) is 0.932. The van der Waals surface area contributed by atoms with Gasteiger partial charge in [-0.15, -0.1) is 0 Å². The Morgan fingerprint density at radius 1 is 1.50 bits per heavy atom. The normalized spacial score (nSPS) is 8.62. The Labute approximate surface area is 47.8 Å². The Hall–Kier alpha value is -1.12. The molecular formula is C5H7N3. The summed E-state index contributed by atoms with van der Waals surface area (Å²) in [5.74, 6) is 0. The first-order chi connectivity index (χ1) is 3.93. The summed E-state index contributed by atoms with van der Waals surface area (Å²) in [5.41, 5.74) is 0.986. The predicted octanol–water partition coefficient (Wildman–Crippen LogP) is 0.518. The van der Waals surface area contributed by atoms with Crippen molar-refractivity contribution in [2.24, 2.45) is 0 Å². The molecule has 0 bridgehead atoms. The van der Waals surface area contributed by atoms with Crippen molar-refractivity contribution in [3.05, 3.63) is 18.5 Å². The Balaban J connectivity index is 2.83. The van der Waals surface area contributed by atoms with Crippen molar-refractivity contribution >= 4 is 5.69 Å². The maximum atomic E-state index is 3.64. The van der Waals surface area contributed by atoms with Crippen LogP contribution in [0, 0.1) is 0 Å². The number of anilines is 1. The average molecular weight is 109 g/mol. The van der Waals surface area contributed by atoms with Gasteiger partial charge in [0.15, 0.2) is 0 Å². The highest BCUT2D eigenvalue weighted by atomic mass is 15.1. The van der Waals surface area contributed by atoms with E-state index in [-0.39, 0.29) is 0 Å². The summed E-state index contributed by atoms with van der Waals surface area (Å²) >= 11 is 0. The molecule has 3 heteroatoms. The van der Waals surface area contributed by atoms with Crippen LogP contribution in [0.3, 0.4) is 0 Å². The van der Waals surface area contributed by atoms with E-state index in [1.807, 2.05) is 13.1 Å². The van der Waals surface area contributed by atoms with Gasteiger partial charge in [0.05, 0.1) is 18.1 Å². The van der Waals surface area contributed by atoms with Crippen LogP contribution in [0.15, 0.2) is 18.5 Å². The zero-order valence-corrected chi connectivity index (χ0v) is 4.63. The fraction of sp³-hybridized carbons (Fsp3) is 0.200. The van der Waals surface area contributed by atoms with Gasteiger partial charge in [-0.2, -0.15) is 10.2 Å². The highest BCUT2D eigenvalue weighted by Crippen LogP contribution is 1.96. The lowest BCUT2D eigenvalue weighted by Gasteiger charge is -1.92. The second-order valence-electron chi connectivity index (χ2n) is 1.38. The molecule has 0 saturated carbocycles. The monoisotopic (exact) mass is 109 g/mol. The Bertz CT molecular complexity index is 149. The maximum Gasteiger partial charge on any atom is 0.0727 e. The van der Waals surface area contributed by atoms with Gasteiger partial charge in [-0.1, -0.05) is 0 Å². The number of nitrogens with one attached hydrogen (secondary N) is 1. The van der Waals surface area contributed by atoms with Crippen molar-refractivity contribution in [1.29, 1.82) is 0 Å². The molecule has 42 valence electrons. The minimum Gasteiger partial charge on any atom is -0.387 e. The van der Waals surface area contributed by atoms with Crippen molar-refractivity contribution in [2.45, 2.75) is 0 Å². The summed E-state index contributed by atoms with van der Waals surface area (Å²) in [4.78, 5) is 0. The second kappa shape index (κ2) is 2.26. The summed E-state index contributed by atoms with van der Waals surface area (Å²) in [5, 5.41) is 10.2. The van der Waals surface area contributed by atoms with Crippen molar-refractivity contribution in [3.63, 3.8) is 0 Å². The summed E-state index contributed by atoms with van der Waals surface area (Å²) in [7, 11) is 1.84. The van der Waals surface area contributed by atoms with Crippen LogP contribution in [0.4, 0.5) is 5.69 Å². The van der Waals surface area contributed by atoms with Gasteiger partial charge < -0.3 is 5.32 Å². The van der Waals surface area contributed by atoms with Crippen LogP contribution >= 0.6 is 0 Å². The zero-order valence-electron chi connectivity index (χ0n) is 4.63. The van der Waals surface area contributed by atoms with E-state index in [1.54, 1.807) is 12.4 Å². The average Bonchev–Trinajstić information content (AvgIpc) is 1.90. The molecular weight excluding hydrogens is 102 g/mol. The molecule has 0 amide bonds. The van der Waals surface area contributed by atoms with Crippen molar-refractivity contribution in [2.75, 3.05) is 12.4 Å². The van der Waals surface area contributed by atoms with Crippen LogP contribution in [-0.4, -0.2) is 17.2 Å². The Morgan fingerprint density at radius 2 is 2.38 bits per heavy atom. The van der Waals surface area contributed by atoms with Crippen LogP contribution in [0.1, 0.15) is 0 Å². The van der Waals surface area contributed by atoms with Gasteiger partial charge in [0.2, 0.25) is 0 Å². The SMILES string of the molecule is CNc1ccnnc1. The van der Waals surface area contributed by atoms with Crippen LogP contribution in [0.5, 0.6) is 0 Å². The van der Waals surface area contributed by atoms with Crippen LogP contribution in [0.25, 0.3) is 0 Å². The van der Waals surface area contributed by atoms with Crippen molar-refractivity contribution < 1.29 is 0 Å². The number of hydrogen-bond donors (Lipinski definition) is 1. The predicted molar refractivity (Wildman–Crippen MR) is 31.6 cm³/mol. The van der Waals surface area contributed by atoms with Crippen LogP contribution in [-0.2, 0) is 0 Å². The second-order valence-corrected chi connectivity index (χ2v) is 1.38.